The first-order valence-electron chi connectivity index (χ1n) is 7.01. The molecule has 0 radical (unpaired) electrons. The van der Waals surface area contributed by atoms with Crippen LogP contribution in [0, 0.1) is 0 Å². The number of ether oxygens (including phenoxy) is 1. The van der Waals surface area contributed by atoms with Crippen LogP contribution in [0.5, 0.6) is 5.75 Å². The highest BCUT2D eigenvalue weighted by molar-refractivity contribution is 5.87. The molecule has 4 heteroatoms. The maximum atomic E-state index is 10.2. The molecule has 1 atom stereocenters. The van der Waals surface area contributed by atoms with Crippen molar-refractivity contribution in [2.75, 3.05) is 26.2 Å². The van der Waals surface area contributed by atoms with Crippen LogP contribution < -0.4 is 5.73 Å². The number of aromatic hydroxyl groups is 1. The fourth-order valence-corrected chi connectivity index (χ4v) is 2.78. The summed E-state index contributed by atoms with van der Waals surface area (Å²) in [5.74, 6) is 0.361. The zero-order valence-corrected chi connectivity index (χ0v) is 11.5. The molecule has 1 heterocycles. The number of phenolic OH excluding ortho intramolecular Hbond substituents is 1. The third-order valence-corrected chi connectivity index (χ3v) is 3.88. The highest BCUT2D eigenvalue weighted by atomic mass is 16.5. The van der Waals surface area contributed by atoms with Gasteiger partial charge in [0.15, 0.2) is 0 Å². The molecule has 0 bridgehead atoms. The van der Waals surface area contributed by atoms with E-state index in [0.717, 1.165) is 36.0 Å². The Morgan fingerprint density at radius 3 is 2.95 bits per heavy atom. The van der Waals surface area contributed by atoms with Crippen LogP contribution in [0.1, 0.15) is 5.56 Å². The summed E-state index contributed by atoms with van der Waals surface area (Å²) in [5, 5.41) is 12.5. The number of benzene rings is 2. The Balaban J connectivity index is 1.88. The quantitative estimate of drug-likeness (QED) is 0.893. The maximum absolute atomic E-state index is 10.2. The van der Waals surface area contributed by atoms with Crippen LogP contribution >= 0.6 is 0 Å². The first-order chi connectivity index (χ1) is 9.78. The van der Waals surface area contributed by atoms with E-state index in [0.29, 0.717) is 18.9 Å². The highest BCUT2D eigenvalue weighted by Crippen LogP contribution is 2.28. The molecule has 20 heavy (non-hydrogen) atoms. The molecule has 3 N–H and O–H groups in total. The van der Waals surface area contributed by atoms with Crippen molar-refractivity contribution in [3.8, 4) is 5.75 Å². The van der Waals surface area contributed by atoms with E-state index < -0.39 is 0 Å². The lowest BCUT2D eigenvalue weighted by Crippen LogP contribution is -2.45. The van der Waals surface area contributed by atoms with Crippen LogP contribution in [0.2, 0.25) is 0 Å². The molecule has 1 saturated heterocycles. The lowest BCUT2D eigenvalue weighted by Gasteiger charge is -2.32. The molecule has 2 aromatic rings. The minimum Gasteiger partial charge on any atom is -0.508 e. The number of hydrogen-bond acceptors (Lipinski definition) is 4. The van der Waals surface area contributed by atoms with Gasteiger partial charge in [0.2, 0.25) is 0 Å². The average molecular weight is 272 g/mol. The standard InChI is InChI=1S/C16H20N2O2/c17-9-13-10-18(7-8-20-13)11-15-14-4-2-1-3-12(14)5-6-16(15)19/h1-6,13,19H,7-11,17H2. The second-order valence-corrected chi connectivity index (χ2v) is 5.25. The Bertz CT molecular complexity index is 600. The van der Waals surface area contributed by atoms with Gasteiger partial charge in [-0.2, -0.15) is 0 Å². The minimum atomic E-state index is 0.0980. The summed E-state index contributed by atoms with van der Waals surface area (Å²) in [4.78, 5) is 2.29. The lowest BCUT2D eigenvalue weighted by atomic mass is 10.0. The van der Waals surface area contributed by atoms with Gasteiger partial charge < -0.3 is 15.6 Å². The van der Waals surface area contributed by atoms with Crippen molar-refractivity contribution in [3.05, 3.63) is 42.0 Å². The second-order valence-electron chi connectivity index (χ2n) is 5.25. The van der Waals surface area contributed by atoms with Gasteiger partial charge in [-0.1, -0.05) is 30.3 Å². The van der Waals surface area contributed by atoms with Crippen LogP contribution in [-0.4, -0.2) is 42.4 Å². The normalized spacial score (nSPS) is 20.4. The number of rotatable bonds is 3. The third-order valence-electron chi connectivity index (χ3n) is 3.88. The molecule has 3 rings (SSSR count). The lowest BCUT2D eigenvalue weighted by molar-refractivity contribution is -0.0261. The molecule has 4 nitrogen and oxygen atoms in total. The van der Waals surface area contributed by atoms with E-state index >= 15 is 0 Å². The number of hydrogen-bond donors (Lipinski definition) is 2. The maximum Gasteiger partial charge on any atom is 0.120 e. The van der Waals surface area contributed by atoms with Gasteiger partial charge in [0.25, 0.3) is 0 Å². The third kappa shape index (κ3) is 2.63. The van der Waals surface area contributed by atoms with E-state index in [1.54, 1.807) is 6.07 Å². The van der Waals surface area contributed by atoms with E-state index in [9.17, 15) is 5.11 Å². The molecule has 0 saturated carbocycles. The molecular formula is C16H20N2O2. The van der Waals surface area contributed by atoms with Crippen molar-refractivity contribution in [3.63, 3.8) is 0 Å². The van der Waals surface area contributed by atoms with Gasteiger partial charge in [0.1, 0.15) is 5.75 Å². The summed E-state index contributed by atoms with van der Waals surface area (Å²) in [5.41, 5.74) is 6.67. The van der Waals surface area contributed by atoms with Crippen LogP contribution in [0.3, 0.4) is 0 Å². The Morgan fingerprint density at radius 2 is 2.10 bits per heavy atom. The molecular weight excluding hydrogens is 252 g/mol. The minimum absolute atomic E-state index is 0.0980. The van der Waals surface area contributed by atoms with Gasteiger partial charge in [0, 0.05) is 31.7 Å². The van der Waals surface area contributed by atoms with Gasteiger partial charge >= 0.3 is 0 Å². The van der Waals surface area contributed by atoms with Crippen LogP contribution in [0.4, 0.5) is 0 Å². The monoisotopic (exact) mass is 272 g/mol. The predicted octanol–water partition coefficient (Wildman–Crippen LogP) is 1.70. The molecule has 1 aliphatic rings. The summed E-state index contributed by atoms with van der Waals surface area (Å²) < 4.78 is 5.58. The van der Waals surface area contributed by atoms with Crippen molar-refractivity contribution in [1.29, 1.82) is 0 Å². The summed E-state index contributed by atoms with van der Waals surface area (Å²) in [6.45, 7) is 3.66. The van der Waals surface area contributed by atoms with Crippen molar-refractivity contribution >= 4 is 10.8 Å². The topological polar surface area (TPSA) is 58.7 Å². The SMILES string of the molecule is NCC1CN(Cc2c(O)ccc3ccccc23)CCO1. The summed E-state index contributed by atoms with van der Waals surface area (Å²) in [6.07, 6.45) is 0.0980. The van der Waals surface area contributed by atoms with E-state index in [1.807, 2.05) is 18.2 Å². The molecule has 0 spiro atoms. The Hall–Kier alpha value is -1.62. The summed E-state index contributed by atoms with van der Waals surface area (Å²) in [6, 6.07) is 11.9. The number of nitrogens with two attached hydrogens (primary N) is 1. The molecule has 0 aromatic heterocycles. The zero-order valence-electron chi connectivity index (χ0n) is 11.5. The van der Waals surface area contributed by atoms with Crippen LogP contribution in [-0.2, 0) is 11.3 Å². The Kier molecular flexibility index (Phi) is 3.87. The van der Waals surface area contributed by atoms with Gasteiger partial charge in [-0.25, -0.2) is 0 Å². The van der Waals surface area contributed by atoms with E-state index in [4.69, 9.17) is 10.5 Å². The largest absolute Gasteiger partial charge is 0.508 e. The summed E-state index contributed by atoms with van der Waals surface area (Å²) >= 11 is 0. The fourth-order valence-electron chi connectivity index (χ4n) is 2.78. The molecule has 0 amide bonds. The number of fused-ring (bicyclic) bond motifs is 1. The van der Waals surface area contributed by atoms with Crippen molar-refractivity contribution in [1.82, 2.24) is 4.90 Å². The van der Waals surface area contributed by atoms with Gasteiger partial charge in [-0.3, -0.25) is 4.90 Å². The average Bonchev–Trinajstić information content (AvgIpc) is 2.50. The van der Waals surface area contributed by atoms with Crippen molar-refractivity contribution in [2.24, 2.45) is 5.73 Å². The number of nitrogens with zero attached hydrogens (tertiary/aromatic N) is 1. The van der Waals surface area contributed by atoms with Crippen molar-refractivity contribution < 1.29 is 9.84 Å². The molecule has 1 fully saturated rings. The molecule has 0 aliphatic carbocycles. The Labute approximate surface area is 118 Å². The van der Waals surface area contributed by atoms with Gasteiger partial charge in [0.05, 0.1) is 12.7 Å². The summed E-state index contributed by atoms with van der Waals surface area (Å²) in [7, 11) is 0. The number of morpholine rings is 1. The van der Waals surface area contributed by atoms with E-state index in [1.165, 1.54) is 0 Å². The smallest absolute Gasteiger partial charge is 0.120 e. The molecule has 1 unspecified atom stereocenters. The van der Waals surface area contributed by atoms with E-state index in [-0.39, 0.29) is 6.10 Å². The zero-order chi connectivity index (χ0) is 13.9. The van der Waals surface area contributed by atoms with Gasteiger partial charge in [-0.15, -0.1) is 0 Å². The van der Waals surface area contributed by atoms with Crippen molar-refractivity contribution in [2.45, 2.75) is 12.6 Å². The molecule has 1 aliphatic heterocycles. The predicted molar refractivity (Wildman–Crippen MR) is 79.7 cm³/mol. The van der Waals surface area contributed by atoms with E-state index in [2.05, 4.69) is 17.0 Å². The van der Waals surface area contributed by atoms with Gasteiger partial charge in [-0.05, 0) is 16.8 Å². The first kappa shape index (κ1) is 13.4. The van der Waals surface area contributed by atoms with Crippen LogP contribution in [0.25, 0.3) is 10.8 Å². The first-order valence-corrected chi connectivity index (χ1v) is 7.01. The fraction of sp³-hybridized carbons (Fsp3) is 0.375. The highest BCUT2D eigenvalue weighted by Gasteiger charge is 2.20. The Morgan fingerprint density at radius 1 is 1.25 bits per heavy atom. The van der Waals surface area contributed by atoms with Crippen LogP contribution in [0.15, 0.2) is 36.4 Å². The molecule has 2 aromatic carbocycles. The number of phenols is 1. The molecule has 106 valence electrons. The second kappa shape index (κ2) is 5.79.